The lowest BCUT2D eigenvalue weighted by atomic mass is 9.80. The first kappa shape index (κ1) is 57.2. The number of benzene rings is 2. The zero-order valence-electron chi connectivity index (χ0n) is 44.6. The summed E-state index contributed by atoms with van der Waals surface area (Å²) in [6, 6.07) is 14.3. The number of carbonyl (C=O) groups excluding carboxylic acids is 5. The summed E-state index contributed by atoms with van der Waals surface area (Å²) in [6.07, 6.45) is 8.89. The van der Waals surface area contributed by atoms with Crippen molar-refractivity contribution in [2.45, 2.75) is 143 Å². The normalized spacial score (nSPS) is 17.9. The molecule has 402 valence electrons. The summed E-state index contributed by atoms with van der Waals surface area (Å²) in [5, 5.41) is 27.4. The zero-order valence-corrected chi connectivity index (χ0v) is 44.6. The van der Waals surface area contributed by atoms with Crippen LogP contribution in [0.2, 0.25) is 0 Å². The molecule has 19 nitrogen and oxygen atoms in total. The molecule has 2 aliphatic heterocycles. The molecule has 4 aromatic rings. The molecule has 0 radical (unpaired) electrons. The molecule has 6 rings (SSSR count). The number of nitriles is 1. The largest absolute Gasteiger partial charge is 0.467 e. The maximum absolute atomic E-state index is 14.5. The van der Waals surface area contributed by atoms with Gasteiger partial charge >= 0.3 is 0 Å². The number of likely N-dealkylation sites (tertiary alicyclic amines) is 1. The molecule has 20 heteroatoms. The Balaban J connectivity index is 0.981. The van der Waals surface area contributed by atoms with Crippen molar-refractivity contribution in [1.82, 2.24) is 50.8 Å². The number of carbonyl (C=O) groups is 5. The number of hydrogen-bond donors (Lipinski definition) is 5. The Bertz CT molecular complexity index is 2720. The Kier molecular flexibility index (Phi) is 20.1. The predicted octanol–water partition coefficient (Wildman–Crippen LogP) is 6.20. The van der Waals surface area contributed by atoms with E-state index >= 15 is 0 Å². The summed E-state index contributed by atoms with van der Waals surface area (Å²) >= 11 is 0. The molecule has 2 aliphatic rings. The summed E-state index contributed by atoms with van der Waals surface area (Å²) in [4.78, 5) is 84.2. The molecule has 2 aromatic carbocycles. The molecule has 4 heterocycles. The van der Waals surface area contributed by atoms with Gasteiger partial charge in [-0.2, -0.15) is 10.4 Å². The van der Waals surface area contributed by atoms with Crippen LogP contribution in [0.5, 0.6) is 5.88 Å². The van der Waals surface area contributed by atoms with Gasteiger partial charge in [0.2, 0.25) is 17.7 Å². The number of fused-ring (bicyclic) bond motifs is 5. The van der Waals surface area contributed by atoms with Crippen LogP contribution in [0.25, 0.3) is 11.3 Å². The molecule has 6 atom stereocenters. The van der Waals surface area contributed by atoms with E-state index in [-0.39, 0.29) is 84.0 Å². The Labute approximate surface area is 439 Å². The SMILES string of the molecule is CCC(NC(=O)[C@@H]1C[C@H](NCCCCCCCCC(=O)NCCn2nc(C#N)c3c2CN(C)C(=O)c2ccc(F)cc2[C@@H](C)Oc2nc-3cnc2N)CN1C(=O)C(C=NC(=O)[C@H](C)NC)C(C)(C)C)c1ccccc1. The summed E-state index contributed by atoms with van der Waals surface area (Å²) in [5.41, 5.74) is 8.21. The topological polar surface area (TPSA) is 255 Å². The Morgan fingerprint density at radius 2 is 1.77 bits per heavy atom. The van der Waals surface area contributed by atoms with Gasteiger partial charge in [-0.25, -0.2) is 19.4 Å². The highest BCUT2D eigenvalue weighted by atomic mass is 19.1. The highest BCUT2D eigenvalue weighted by molar-refractivity contribution is 6.01. The maximum atomic E-state index is 14.5. The summed E-state index contributed by atoms with van der Waals surface area (Å²) < 4.78 is 22.1. The van der Waals surface area contributed by atoms with Gasteiger partial charge in [-0.05, 0) is 82.3 Å². The number of likely N-dealkylation sites (N-methyl/N-ethyl adjacent to an activating group) is 1. The second kappa shape index (κ2) is 26.4. The minimum absolute atomic E-state index is 0.00501. The van der Waals surface area contributed by atoms with E-state index < -0.39 is 41.2 Å². The average Bonchev–Trinajstić information content (AvgIpc) is 3.98. The standard InChI is InChI=1S/C55H74FN13O6/c1-9-42(36-19-15-14-16-20-36)64-51(72)45-28-38(32-68(45)54(74)41(55(4,5)6)30-63-50(71)34(2)59-7)60-24-18-13-11-10-12-17-21-47(70)61-25-26-69-46-33-67(8)53(73)39-23-22-37(56)27-40(39)35(3)75-52-49(58)62-31-44(65-52)48(46)43(29-57)66-69/h14-16,19-20,22-23,27,30-31,34-35,38,41-42,45,59-60H,9-13,17-18,21,24-26,28,32-33H2,1-8H3,(H2,58,62)(H,61,70)(H,64,72)/t34-,35+,38-,41?,42?,45-/m0/s1. The van der Waals surface area contributed by atoms with Crippen molar-refractivity contribution in [3.8, 4) is 23.2 Å². The number of anilines is 1. The van der Waals surface area contributed by atoms with Gasteiger partial charge in [0.05, 0.1) is 54.2 Å². The fourth-order valence-electron chi connectivity index (χ4n) is 9.46. The number of rotatable bonds is 21. The summed E-state index contributed by atoms with van der Waals surface area (Å²) in [5.74, 6) is -2.68. The van der Waals surface area contributed by atoms with Gasteiger partial charge < -0.3 is 41.5 Å². The van der Waals surface area contributed by atoms with E-state index in [1.807, 2.05) is 58.0 Å². The Hall–Kier alpha value is -7.11. The third kappa shape index (κ3) is 14.8. The minimum atomic E-state index is -0.823. The van der Waals surface area contributed by atoms with E-state index in [0.29, 0.717) is 55.6 Å². The van der Waals surface area contributed by atoms with Crippen molar-refractivity contribution >= 4 is 41.6 Å². The lowest BCUT2D eigenvalue weighted by molar-refractivity contribution is -0.142. The van der Waals surface area contributed by atoms with Crippen LogP contribution in [0.15, 0.2) is 59.7 Å². The van der Waals surface area contributed by atoms with Gasteiger partial charge in [0.25, 0.3) is 17.7 Å². The molecule has 0 aliphatic carbocycles. The van der Waals surface area contributed by atoms with Crippen molar-refractivity contribution in [3.63, 3.8) is 0 Å². The smallest absolute Gasteiger partial charge is 0.262 e. The minimum Gasteiger partial charge on any atom is -0.467 e. The number of halogens is 1. The molecule has 0 spiro atoms. The molecule has 2 unspecified atom stereocenters. The van der Waals surface area contributed by atoms with E-state index in [1.54, 1.807) is 37.5 Å². The average molecular weight is 1030 g/mol. The highest BCUT2D eigenvalue weighted by Crippen LogP contribution is 2.35. The van der Waals surface area contributed by atoms with Crippen molar-refractivity contribution in [2.75, 3.05) is 39.5 Å². The third-order valence-electron chi connectivity index (χ3n) is 14.0. The zero-order chi connectivity index (χ0) is 54.4. The number of aliphatic imine (C=N–C) groups is 1. The van der Waals surface area contributed by atoms with Crippen LogP contribution in [-0.4, -0.2) is 117 Å². The number of nitrogens with zero attached hydrogens (tertiary/aromatic N) is 8. The van der Waals surface area contributed by atoms with Gasteiger partial charge in [0.1, 0.15) is 24.0 Å². The van der Waals surface area contributed by atoms with Crippen LogP contribution in [0.1, 0.15) is 144 Å². The second-order valence-corrected chi connectivity index (χ2v) is 20.6. The second-order valence-electron chi connectivity index (χ2n) is 20.6. The maximum Gasteiger partial charge on any atom is 0.262 e. The van der Waals surface area contributed by atoms with Gasteiger partial charge in [0.15, 0.2) is 11.5 Å². The van der Waals surface area contributed by atoms with Crippen molar-refractivity contribution in [3.05, 3.63) is 88.6 Å². The number of nitrogens with one attached hydrogen (secondary N) is 4. The highest BCUT2D eigenvalue weighted by Gasteiger charge is 2.44. The molecular formula is C55H74FN13O6. The van der Waals surface area contributed by atoms with E-state index in [1.165, 1.54) is 35.5 Å². The molecule has 75 heavy (non-hydrogen) atoms. The number of hydrogen-bond acceptors (Lipinski definition) is 13. The Morgan fingerprint density at radius 1 is 1.05 bits per heavy atom. The van der Waals surface area contributed by atoms with Crippen LogP contribution < -0.4 is 31.7 Å². The predicted molar refractivity (Wildman–Crippen MR) is 283 cm³/mol. The van der Waals surface area contributed by atoms with Gasteiger partial charge in [-0.1, -0.05) is 83.7 Å². The molecule has 2 aromatic heterocycles. The number of nitrogens with two attached hydrogens (primary N) is 1. The molecule has 2 bridgehead atoms. The number of nitrogen functional groups attached to an aromatic ring is 1. The molecule has 0 saturated carbocycles. The van der Waals surface area contributed by atoms with Crippen LogP contribution in [0.4, 0.5) is 10.2 Å². The van der Waals surface area contributed by atoms with Gasteiger partial charge in [0, 0.05) is 49.9 Å². The number of unbranched alkanes of at least 4 members (excludes halogenated alkanes) is 5. The molecule has 6 N–H and O–H groups in total. The summed E-state index contributed by atoms with van der Waals surface area (Å²) in [6.45, 7) is 12.6. The van der Waals surface area contributed by atoms with Crippen LogP contribution in [-0.2, 0) is 32.3 Å². The summed E-state index contributed by atoms with van der Waals surface area (Å²) in [7, 11) is 3.28. The monoisotopic (exact) mass is 1030 g/mol. The van der Waals surface area contributed by atoms with Crippen LogP contribution in [0.3, 0.4) is 0 Å². The number of ether oxygens (including phenoxy) is 1. The van der Waals surface area contributed by atoms with Crippen molar-refractivity contribution < 1.29 is 33.1 Å². The van der Waals surface area contributed by atoms with Gasteiger partial charge in [-0.3, -0.25) is 28.7 Å². The fourth-order valence-corrected chi connectivity index (χ4v) is 9.46. The van der Waals surface area contributed by atoms with Crippen molar-refractivity contribution in [1.29, 1.82) is 5.26 Å². The first-order valence-electron chi connectivity index (χ1n) is 26.1. The number of amides is 5. The van der Waals surface area contributed by atoms with E-state index in [4.69, 9.17) is 10.5 Å². The molecular weight excluding hydrogens is 958 g/mol. The lowest BCUT2D eigenvalue weighted by Gasteiger charge is -2.33. The molecule has 5 amide bonds. The third-order valence-corrected chi connectivity index (χ3v) is 14.0. The van der Waals surface area contributed by atoms with Gasteiger partial charge in [-0.15, -0.1) is 0 Å². The van der Waals surface area contributed by atoms with E-state index in [9.17, 15) is 33.6 Å². The first-order chi connectivity index (χ1) is 35.8. The van der Waals surface area contributed by atoms with Crippen LogP contribution >= 0.6 is 0 Å². The van der Waals surface area contributed by atoms with E-state index in [0.717, 1.165) is 37.7 Å². The fraction of sp³-hybridized carbons (Fsp3) is 0.527. The van der Waals surface area contributed by atoms with Crippen LogP contribution in [0, 0.1) is 28.5 Å². The molecule has 1 fully saturated rings. The Morgan fingerprint density at radius 3 is 2.47 bits per heavy atom. The number of aromatic nitrogens is 4. The van der Waals surface area contributed by atoms with E-state index in [2.05, 4.69) is 47.4 Å². The lowest BCUT2D eigenvalue weighted by Crippen LogP contribution is -2.50. The molecule has 1 saturated heterocycles. The van der Waals surface area contributed by atoms with Crippen molar-refractivity contribution in [2.24, 2.45) is 16.3 Å². The quantitative estimate of drug-likeness (QED) is 0.0461. The first-order valence-corrected chi connectivity index (χ1v) is 26.1.